The summed E-state index contributed by atoms with van der Waals surface area (Å²) in [6.07, 6.45) is -3.24. The first-order valence-electron chi connectivity index (χ1n) is 9.17. The lowest BCUT2D eigenvalue weighted by Gasteiger charge is -2.21. The third-order valence-corrected chi connectivity index (χ3v) is 8.48. The lowest BCUT2D eigenvalue weighted by molar-refractivity contribution is -0.274. The number of hydrogen-bond donors (Lipinski definition) is 0. The summed E-state index contributed by atoms with van der Waals surface area (Å²) in [7, 11) is -6.24. The fourth-order valence-electron chi connectivity index (χ4n) is 3.10. The molecule has 1 aliphatic rings. The zero-order valence-electron chi connectivity index (χ0n) is 16.7. The first-order valence-corrected chi connectivity index (χ1v) is 12.0. The molecule has 1 fully saturated rings. The van der Waals surface area contributed by atoms with Gasteiger partial charge in [0.15, 0.2) is 5.03 Å². The second-order valence-electron chi connectivity index (χ2n) is 6.92. The minimum Gasteiger partial charge on any atom is -0.406 e. The highest BCUT2D eigenvalue weighted by Gasteiger charge is 2.34. The summed E-state index contributed by atoms with van der Waals surface area (Å²) < 4.78 is 96.0. The predicted molar refractivity (Wildman–Crippen MR) is 103 cm³/mol. The summed E-state index contributed by atoms with van der Waals surface area (Å²) in [5.74, 6) is -0.0132. The smallest absolute Gasteiger partial charge is 0.406 e. The van der Waals surface area contributed by atoms with Gasteiger partial charge in [-0.05, 0) is 37.6 Å². The summed E-state index contributed by atoms with van der Waals surface area (Å²) in [6.45, 7) is 1.67. The van der Waals surface area contributed by atoms with Gasteiger partial charge in [-0.25, -0.2) is 21.8 Å². The van der Waals surface area contributed by atoms with E-state index in [2.05, 4.69) is 9.72 Å². The van der Waals surface area contributed by atoms with Crippen LogP contribution in [0.25, 0.3) is 0 Å². The molecule has 2 heterocycles. The monoisotopic (exact) mass is 482 g/mol. The molecule has 0 atom stereocenters. The molecular weight excluding hydrogens is 461 g/mol. The van der Waals surface area contributed by atoms with Crippen molar-refractivity contribution >= 4 is 20.0 Å². The third kappa shape index (κ3) is 5.19. The lowest BCUT2D eigenvalue weighted by Crippen LogP contribution is -2.37. The highest BCUT2D eigenvalue weighted by atomic mass is 32.2. The van der Waals surface area contributed by atoms with Crippen LogP contribution < -0.4 is 4.74 Å². The Bertz CT molecular complexity index is 1130. The number of imidazole rings is 1. The summed E-state index contributed by atoms with van der Waals surface area (Å²) in [5.41, 5.74) is 0. The number of nitrogens with zero attached hydrogens (tertiary/aromatic N) is 4. The molecule has 0 amide bonds. The van der Waals surface area contributed by atoms with Crippen LogP contribution in [0, 0.1) is 6.92 Å². The van der Waals surface area contributed by atoms with Crippen molar-refractivity contribution in [3.63, 3.8) is 0 Å². The number of benzene rings is 1. The van der Waals surface area contributed by atoms with Gasteiger partial charge in [0.25, 0.3) is 10.0 Å². The molecule has 0 unspecified atom stereocenters. The molecule has 1 saturated heterocycles. The lowest BCUT2D eigenvalue weighted by atomic mass is 10.3. The van der Waals surface area contributed by atoms with Crippen LogP contribution in [0.3, 0.4) is 0 Å². The van der Waals surface area contributed by atoms with E-state index in [1.54, 1.807) is 18.5 Å². The van der Waals surface area contributed by atoms with Crippen LogP contribution in [-0.4, -0.2) is 67.5 Å². The maximum Gasteiger partial charge on any atom is 0.573 e. The number of aromatic nitrogens is 2. The first-order chi connectivity index (χ1) is 14.3. The van der Waals surface area contributed by atoms with Gasteiger partial charge in [-0.15, -0.1) is 13.2 Å². The molecule has 14 heteroatoms. The quantitative estimate of drug-likeness (QED) is 0.643. The molecule has 3 rings (SSSR count). The number of ether oxygens (including phenoxy) is 1. The topological polar surface area (TPSA) is 102 Å². The van der Waals surface area contributed by atoms with Crippen LogP contribution in [0.15, 0.2) is 40.4 Å². The van der Waals surface area contributed by atoms with Gasteiger partial charge in [0.2, 0.25) is 10.0 Å². The van der Waals surface area contributed by atoms with Gasteiger partial charge in [-0.3, -0.25) is 0 Å². The molecule has 172 valence electrons. The van der Waals surface area contributed by atoms with Gasteiger partial charge < -0.3 is 9.30 Å². The second kappa shape index (κ2) is 8.41. The molecule has 31 heavy (non-hydrogen) atoms. The fourth-order valence-corrected chi connectivity index (χ4v) is 6.06. The largest absolute Gasteiger partial charge is 0.573 e. The van der Waals surface area contributed by atoms with Crippen LogP contribution in [0.5, 0.6) is 5.75 Å². The molecule has 0 N–H and O–H groups in total. The van der Waals surface area contributed by atoms with Gasteiger partial charge in [0.05, 0.1) is 4.90 Å². The first kappa shape index (κ1) is 23.5. The van der Waals surface area contributed by atoms with Crippen LogP contribution in [-0.2, 0) is 27.1 Å². The van der Waals surface area contributed by atoms with Gasteiger partial charge >= 0.3 is 6.36 Å². The highest BCUT2D eigenvalue weighted by Crippen LogP contribution is 2.26. The van der Waals surface area contributed by atoms with Crippen LogP contribution in [0.2, 0.25) is 0 Å². The van der Waals surface area contributed by atoms with Crippen molar-refractivity contribution < 1.29 is 34.7 Å². The summed E-state index contributed by atoms with van der Waals surface area (Å²) in [4.78, 5) is 3.84. The van der Waals surface area contributed by atoms with E-state index in [1.165, 1.54) is 10.5 Å². The highest BCUT2D eigenvalue weighted by molar-refractivity contribution is 7.89. The van der Waals surface area contributed by atoms with Crippen molar-refractivity contribution in [2.24, 2.45) is 7.05 Å². The van der Waals surface area contributed by atoms with E-state index < -0.39 is 32.2 Å². The van der Waals surface area contributed by atoms with Crippen LogP contribution in [0.4, 0.5) is 13.2 Å². The third-order valence-electron chi connectivity index (χ3n) is 4.80. The number of aryl methyl sites for hydroxylation is 2. The van der Waals surface area contributed by atoms with Crippen molar-refractivity contribution in [2.75, 3.05) is 26.2 Å². The number of rotatable bonds is 5. The van der Waals surface area contributed by atoms with Gasteiger partial charge in [-0.2, -0.15) is 8.61 Å². The Labute approximate surface area is 178 Å². The van der Waals surface area contributed by atoms with Gasteiger partial charge in [0, 0.05) is 39.4 Å². The standard InChI is InChI=1S/C17H21F3N4O5S2/c1-13-21-16(12-22(13)2)31(27,28)24-9-3-8-23(10-11-24)30(25,26)15-6-4-14(5-7-15)29-17(18,19)20/h4-7,12H,3,8-11H2,1-2H3. The Kier molecular flexibility index (Phi) is 6.37. The Morgan fingerprint density at radius 3 is 1.97 bits per heavy atom. The maximum absolute atomic E-state index is 12.9. The minimum atomic E-state index is -4.88. The SMILES string of the molecule is Cc1nc(S(=O)(=O)N2CCCN(S(=O)(=O)c3ccc(OC(F)(F)F)cc3)CC2)cn1C. The molecule has 1 aromatic heterocycles. The zero-order chi connectivity index (χ0) is 23.0. The molecule has 1 aromatic carbocycles. The van der Waals surface area contributed by atoms with Crippen molar-refractivity contribution in [3.8, 4) is 5.75 Å². The molecule has 2 aromatic rings. The maximum atomic E-state index is 12.9. The predicted octanol–water partition coefficient (Wildman–Crippen LogP) is 1.71. The van der Waals surface area contributed by atoms with E-state index in [0.717, 1.165) is 28.6 Å². The van der Waals surface area contributed by atoms with Crippen molar-refractivity contribution in [1.82, 2.24) is 18.2 Å². The Morgan fingerprint density at radius 2 is 1.48 bits per heavy atom. The van der Waals surface area contributed by atoms with Crippen molar-refractivity contribution in [1.29, 1.82) is 0 Å². The molecule has 0 spiro atoms. The average molecular weight is 483 g/mol. The summed E-state index contributed by atoms with van der Waals surface area (Å²) in [6, 6.07) is 3.87. The van der Waals surface area contributed by atoms with E-state index in [1.807, 2.05) is 0 Å². The average Bonchev–Trinajstić information content (AvgIpc) is 2.87. The molecule has 0 saturated carbocycles. The van der Waals surface area contributed by atoms with Gasteiger partial charge in [0.1, 0.15) is 11.6 Å². The molecule has 0 radical (unpaired) electrons. The Balaban J connectivity index is 1.75. The van der Waals surface area contributed by atoms with E-state index in [0.29, 0.717) is 5.82 Å². The van der Waals surface area contributed by atoms with Crippen molar-refractivity contribution in [2.45, 2.75) is 29.6 Å². The van der Waals surface area contributed by atoms with Crippen molar-refractivity contribution in [3.05, 3.63) is 36.3 Å². The number of alkyl halides is 3. The summed E-state index contributed by atoms with van der Waals surface area (Å²) in [5, 5.41) is -0.107. The molecule has 9 nitrogen and oxygen atoms in total. The number of sulfonamides is 2. The van der Waals surface area contributed by atoms with E-state index >= 15 is 0 Å². The van der Waals surface area contributed by atoms with Crippen LogP contribution in [0.1, 0.15) is 12.2 Å². The van der Waals surface area contributed by atoms with E-state index in [9.17, 15) is 30.0 Å². The van der Waals surface area contributed by atoms with E-state index in [4.69, 9.17) is 0 Å². The molecular formula is C17H21F3N4O5S2. The zero-order valence-corrected chi connectivity index (χ0v) is 18.3. The Hall–Kier alpha value is -2.16. The Morgan fingerprint density at radius 1 is 0.935 bits per heavy atom. The second-order valence-corrected chi connectivity index (χ2v) is 10.7. The van der Waals surface area contributed by atoms with E-state index in [-0.39, 0.29) is 42.5 Å². The normalized spacial score (nSPS) is 17.5. The molecule has 0 bridgehead atoms. The fraction of sp³-hybridized carbons (Fsp3) is 0.471. The minimum absolute atomic E-state index is 0.0659. The molecule has 0 aliphatic carbocycles. The summed E-state index contributed by atoms with van der Waals surface area (Å²) >= 11 is 0. The number of hydrogen-bond acceptors (Lipinski definition) is 6. The van der Waals surface area contributed by atoms with Gasteiger partial charge in [-0.1, -0.05) is 0 Å². The van der Waals surface area contributed by atoms with Crippen LogP contribution >= 0.6 is 0 Å². The number of halogens is 3. The molecule has 1 aliphatic heterocycles.